The molecule has 138 valence electrons. The summed E-state index contributed by atoms with van der Waals surface area (Å²) >= 11 is 1.71. The average molecular weight is 365 g/mol. The monoisotopic (exact) mass is 364 g/mol. The van der Waals surface area contributed by atoms with Crippen molar-refractivity contribution >= 4 is 23.2 Å². The van der Waals surface area contributed by atoms with Gasteiger partial charge in [0.05, 0.1) is 23.8 Å². The highest BCUT2D eigenvalue weighted by molar-refractivity contribution is 7.09. The van der Waals surface area contributed by atoms with Crippen molar-refractivity contribution < 1.29 is 4.79 Å². The lowest BCUT2D eigenvalue weighted by Crippen LogP contribution is -2.54. The lowest BCUT2D eigenvalue weighted by molar-refractivity contribution is -0.122. The maximum Gasteiger partial charge on any atom is 0.234 e. The van der Waals surface area contributed by atoms with Crippen molar-refractivity contribution in [3.63, 3.8) is 0 Å². The van der Waals surface area contributed by atoms with E-state index in [0.717, 1.165) is 57.1 Å². The number of hydrogen-bond acceptors (Lipinski definition) is 5. The topological polar surface area (TPSA) is 72.9 Å². The van der Waals surface area contributed by atoms with Gasteiger partial charge in [-0.3, -0.25) is 14.7 Å². The molecule has 2 heterocycles. The molecule has 2 fully saturated rings. The Labute approximate surface area is 153 Å². The number of carbonyl (C=O) groups excluding carboxylic acids is 1. The van der Waals surface area contributed by atoms with Gasteiger partial charge in [-0.1, -0.05) is 6.92 Å². The third kappa shape index (κ3) is 5.40. The fourth-order valence-electron chi connectivity index (χ4n) is 2.92. The van der Waals surface area contributed by atoms with Crippen molar-refractivity contribution in [1.29, 1.82) is 0 Å². The first kappa shape index (κ1) is 18.1. The molecule has 1 aromatic heterocycles. The van der Waals surface area contributed by atoms with Crippen molar-refractivity contribution in [2.75, 3.05) is 39.8 Å². The average Bonchev–Trinajstić information content (AvgIpc) is 3.31. The van der Waals surface area contributed by atoms with Gasteiger partial charge in [0, 0.05) is 44.6 Å². The summed E-state index contributed by atoms with van der Waals surface area (Å²) in [5, 5.41) is 9.74. The van der Waals surface area contributed by atoms with E-state index in [9.17, 15) is 4.79 Å². The van der Waals surface area contributed by atoms with Gasteiger partial charge in [0.1, 0.15) is 0 Å². The summed E-state index contributed by atoms with van der Waals surface area (Å²) in [7, 11) is 1.82. The standard InChI is InChI=1S/C17H28N6OS/c1-3-16-21-14(12-25-16)10-19-17(18-2)23-8-6-22(7-9-23)11-15(24)20-13-4-5-13/h12-13H,3-11H2,1-2H3,(H,18,19)(H,20,24). The van der Waals surface area contributed by atoms with Crippen LogP contribution in [0.4, 0.5) is 0 Å². The highest BCUT2D eigenvalue weighted by Gasteiger charge is 2.25. The molecule has 2 aliphatic rings. The molecule has 3 rings (SSSR count). The Kier molecular flexibility index (Phi) is 6.25. The Balaban J connectivity index is 1.41. The molecule has 1 aromatic rings. The van der Waals surface area contributed by atoms with Crippen molar-refractivity contribution in [2.24, 2.45) is 4.99 Å². The number of carbonyl (C=O) groups is 1. The smallest absolute Gasteiger partial charge is 0.234 e. The molecule has 0 bridgehead atoms. The van der Waals surface area contributed by atoms with Gasteiger partial charge < -0.3 is 15.5 Å². The van der Waals surface area contributed by atoms with E-state index in [2.05, 4.69) is 42.7 Å². The van der Waals surface area contributed by atoms with Gasteiger partial charge in [-0.2, -0.15) is 0 Å². The number of rotatable bonds is 6. The lowest BCUT2D eigenvalue weighted by Gasteiger charge is -2.36. The van der Waals surface area contributed by atoms with E-state index < -0.39 is 0 Å². The summed E-state index contributed by atoms with van der Waals surface area (Å²) in [5.74, 6) is 1.07. The molecule has 1 saturated heterocycles. The van der Waals surface area contributed by atoms with E-state index in [0.29, 0.717) is 19.1 Å². The molecule has 1 aliphatic carbocycles. The molecule has 0 spiro atoms. The van der Waals surface area contributed by atoms with Crippen molar-refractivity contribution in [1.82, 2.24) is 25.4 Å². The number of hydrogen-bond donors (Lipinski definition) is 2. The molecule has 1 aliphatic heterocycles. The Morgan fingerprint density at radius 3 is 2.72 bits per heavy atom. The first-order valence-electron chi connectivity index (χ1n) is 9.08. The van der Waals surface area contributed by atoms with Crippen LogP contribution in [0.3, 0.4) is 0 Å². The van der Waals surface area contributed by atoms with Crippen LogP contribution in [0.5, 0.6) is 0 Å². The normalized spacial score (nSPS) is 19.1. The Hall–Kier alpha value is -1.67. The molecule has 25 heavy (non-hydrogen) atoms. The number of aryl methyl sites for hydroxylation is 1. The minimum atomic E-state index is 0.161. The van der Waals surface area contributed by atoms with Gasteiger partial charge in [-0.15, -0.1) is 11.3 Å². The molecular weight excluding hydrogens is 336 g/mol. The highest BCUT2D eigenvalue weighted by Crippen LogP contribution is 2.18. The number of thiazole rings is 1. The molecule has 8 heteroatoms. The second-order valence-corrected chi connectivity index (χ2v) is 7.53. The van der Waals surface area contributed by atoms with Crippen LogP contribution in [0.1, 0.15) is 30.5 Å². The third-order valence-electron chi connectivity index (χ3n) is 4.52. The van der Waals surface area contributed by atoms with Crippen molar-refractivity contribution in [2.45, 2.75) is 38.8 Å². The highest BCUT2D eigenvalue weighted by atomic mass is 32.1. The second kappa shape index (κ2) is 8.62. The SMILES string of the molecule is CCc1nc(CNC(=NC)N2CCN(CC(=O)NC3CC3)CC2)cs1. The van der Waals surface area contributed by atoms with Gasteiger partial charge >= 0.3 is 0 Å². The third-order valence-corrected chi connectivity index (χ3v) is 5.56. The van der Waals surface area contributed by atoms with Crippen LogP contribution in [-0.2, 0) is 17.8 Å². The van der Waals surface area contributed by atoms with Crippen LogP contribution in [0.25, 0.3) is 0 Å². The fraction of sp³-hybridized carbons (Fsp3) is 0.706. The maximum atomic E-state index is 11.9. The first-order chi connectivity index (χ1) is 12.2. The Bertz CT molecular complexity index is 604. The van der Waals surface area contributed by atoms with E-state index in [-0.39, 0.29) is 5.91 Å². The predicted octanol–water partition coefficient (Wildman–Crippen LogP) is 0.677. The van der Waals surface area contributed by atoms with Crippen molar-refractivity contribution in [3.05, 3.63) is 16.1 Å². The summed E-state index contributed by atoms with van der Waals surface area (Å²) in [6.45, 7) is 6.87. The van der Waals surface area contributed by atoms with E-state index in [1.165, 1.54) is 5.01 Å². The van der Waals surface area contributed by atoms with E-state index >= 15 is 0 Å². The number of aliphatic imine (C=N–C) groups is 1. The Morgan fingerprint density at radius 1 is 1.36 bits per heavy atom. The minimum absolute atomic E-state index is 0.161. The van der Waals surface area contributed by atoms with Crippen molar-refractivity contribution in [3.8, 4) is 0 Å². The molecule has 2 N–H and O–H groups in total. The molecular formula is C17H28N6OS. The summed E-state index contributed by atoms with van der Waals surface area (Å²) in [6.07, 6.45) is 3.26. The van der Waals surface area contributed by atoms with Crippen LogP contribution in [-0.4, -0.2) is 72.5 Å². The number of amides is 1. The lowest BCUT2D eigenvalue weighted by atomic mass is 10.3. The molecule has 7 nitrogen and oxygen atoms in total. The van der Waals surface area contributed by atoms with Crippen LogP contribution in [0.15, 0.2) is 10.4 Å². The largest absolute Gasteiger partial charge is 0.352 e. The van der Waals surface area contributed by atoms with Gasteiger partial charge in [0.25, 0.3) is 0 Å². The zero-order valence-electron chi connectivity index (χ0n) is 15.1. The zero-order valence-corrected chi connectivity index (χ0v) is 15.9. The fourth-order valence-corrected chi connectivity index (χ4v) is 3.66. The summed E-state index contributed by atoms with van der Waals surface area (Å²) < 4.78 is 0. The van der Waals surface area contributed by atoms with Crippen LogP contribution >= 0.6 is 11.3 Å². The van der Waals surface area contributed by atoms with Crippen LogP contribution in [0.2, 0.25) is 0 Å². The zero-order chi connectivity index (χ0) is 17.6. The van der Waals surface area contributed by atoms with E-state index in [1.54, 1.807) is 11.3 Å². The number of piperazine rings is 1. The Morgan fingerprint density at radius 2 is 2.12 bits per heavy atom. The minimum Gasteiger partial charge on any atom is -0.352 e. The molecule has 0 aromatic carbocycles. The maximum absolute atomic E-state index is 11.9. The molecule has 0 atom stereocenters. The van der Waals surface area contributed by atoms with Gasteiger partial charge in [0.15, 0.2) is 5.96 Å². The summed E-state index contributed by atoms with van der Waals surface area (Å²) in [4.78, 5) is 25.4. The number of nitrogens with zero attached hydrogens (tertiary/aromatic N) is 4. The van der Waals surface area contributed by atoms with E-state index in [4.69, 9.17) is 0 Å². The quantitative estimate of drug-likeness (QED) is 0.574. The van der Waals surface area contributed by atoms with Crippen LogP contribution in [0, 0.1) is 0 Å². The summed E-state index contributed by atoms with van der Waals surface area (Å²) in [6, 6.07) is 0.441. The molecule has 1 amide bonds. The van der Waals surface area contributed by atoms with Gasteiger partial charge in [-0.05, 0) is 19.3 Å². The molecule has 0 radical (unpaired) electrons. The number of guanidine groups is 1. The predicted molar refractivity (Wildman–Crippen MR) is 101 cm³/mol. The second-order valence-electron chi connectivity index (χ2n) is 6.59. The molecule has 0 unspecified atom stereocenters. The summed E-state index contributed by atoms with van der Waals surface area (Å²) in [5.41, 5.74) is 1.07. The van der Waals surface area contributed by atoms with Gasteiger partial charge in [-0.25, -0.2) is 4.98 Å². The van der Waals surface area contributed by atoms with Crippen LogP contribution < -0.4 is 10.6 Å². The van der Waals surface area contributed by atoms with E-state index in [1.807, 2.05) is 7.05 Å². The number of nitrogens with one attached hydrogen (secondary N) is 2. The molecule has 1 saturated carbocycles. The first-order valence-corrected chi connectivity index (χ1v) is 9.96. The van der Waals surface area contributed by atoms with Gasteiger partial charge in [0.2, 0.25) is 5.91 Å². The number of aromatic nitrogens is 1.